The summed E-state index contributed by atoms with van der Waals surface area (Å²) >= 11 is 14.2. The zero-order chi connectivity index (χ0) is 34.8. The van der Waals surface area contributed by atoms with E-state index in [1.807, 2.05) is 60.8 Å². The lowest BCUT2D eigenvalue weighted by atomic mass is 9.97. The maximum atomic E-state index is 13.4. The van der Waals surface area contributed by atoms with Crippen molar-refractivity contribution in [2.45, 2.75) is 50.9 Å². The monoisotopic (exact) mass is 715 g/mol. The van der Waals surface area contributed by atoms with Crippen LogP contribution in [0.2, 0.25) is 10.0 Å². The van der Waals surface area contributed by atoms with E-state index in [1.54, 1.807) is 23.2 Å². The van der Waals surface area contributed by atoms with Gasteiger partial charge in [-0.1, -0.05) is 65.7 Å². The Morgan fingerprint density at radius 3 is 2.40 bits per heavy atom. The van der Waals surface area contributed by atoms with E-state index in [1.165, 1.54) is 0 Å². The van der Waals surface area contributed by atoms with Crippen LogP contribution < -0.4 is 26.2 Å². The van der Waals surface area contributed by atoms with E-state index in [-0.39, 0.29) is 17.5 Å². The smallest absolute Gasteiger partial charge is 0.277 e. The van der Waals surface area contributed by atoms with Gasteiger partial charge in [0.2, 0.25) is 11.8 Å². The number of nitrogens with zero attached hydrogens (tertiary/aromatic N) is 4. The van der Waals surface area contributed by atoms with Crippen LogP contribution in [-0.2, 0) is 29.7 Å². The number of halogens is 2. The van der Waals surface area contributed by atoms with Gasteiger partial charge in [0, 0.05) is 91.4 Å². The van der Waals surface area contributed by atoms with Crippen LogP contribution in [0.25, 0.3) is 39.0 Å². The van der Waals surface area contributed by atoms with E-state index in [9.17, 15) is 9.59 Å². The Kier molecular flexibility index (Phi) is 10.2. The molecule has 0 bridgehead atoms. The van der Waals surface area contributed by atoms with E-state index in [4.69, 9.17) is 42.8 Å². The summed E-state index contributed by atoms with van der Waals surface area (Å²) in [7, 11) is 3.34. The molecule has 2 aromatic carbocycles. The first-order chi connectivity index (χ1) is 24.3. The van der Waals surface area contributed by atoms with E-state index in [0.29, 0.717) is 65.1 Å². The summed E-state index contributed by atoms with van der Waals surface area (Å²) in [6.45, 7) is 3.17. The number of fused-ring (bicyclic) bond motifs is 1. The highest BCUT2D eigenvalue weighted by atomic mass is 35.5. The molecular formula is C37H39Cl2N7O4. The molecule has 2 fully saturated rings. The predicted molar refractivity (Wildman–Crippen MR) is 195 cm³/mol. The van der Waals surface area contributed by atoms with Crippen molar-refractivity contribution < 1.29 is 14.3 Å². The Balaban J connectivity index is 1.14. The minimum atomic E-state index is -0.134. The van der Waals surface area contributed by atoms with Crippen LogP contribution in [0.3, 0.4) is 0 Å². The summed E-state index contributed by atoms with van der Waals surface area (Å²) in [5.41, 5.74) is 5.66. The summed E-state index contributed by atoms with van der Waals surface area (Å²) in [6.07, 6.45) is 5.11. The molecule has 1 atom stereocenters. The van der Waals surface area contributed by atoms with Crippen molar-refractivity contribution in [2.24, 2.45) is 7.05 Å². The molecule has 0 radical (unpaired) electrons. The lowest BCUT2D eigenvalue weighted by Crippen LogP contribution is -2.36. The molecule has 3 N–H and O–H groups in total. The van der Waals surface area contributed by atoms with Crippen LogP contribution in [0.5, 0.6) is 5.88 Å². The molecule has 0 spiro atoms. The largest absolute Gasteiger partial charge is 0.481 e. The standard InChI is InChI=1S/C37H39Cl2N7O4/c1-45-32(20-41-24-13-15-50-16-14-24)44-46-21-23(17-31(46)37(45)48)26-5-3-6-27(34(26)38)28-7-4-8-29(35(28)39)30-11-9-22(36(43-30)49-2)18-40-19-25-10-12-33(47)42-25/h3-9,11,17,21,24-25,40-41H,10,12-16,18-20H2,1-2H3,(H,42,47)/t25-/m0/s1. The fourth-order valence-electron chi connectivity index (χ4n) is 6.66. The lowest BCUT2D eigenvalue weighted by molar-refractivity contribution is -0.119. The number of hydrogen-bond acceptors (Lipinski definition) is 8. The third-order valence-corrected chi connectivity index (χ3v) is 10.3. The summed E-state index contributed by atoms with van der Waals surface area (Å²) in [5, 5.41) is 15.7. The van der Waals surface area contributed by atoms with E-state index in [0.717, 1.165) is 65.9 Å². The predicted octanol–water partition coefficient (Wildman–Crippen LogP) is 5.38. The first kappa shape index (κ1) is 34.2. The lowest BCUT2D eigenvalue weighted by Gasteiger charge is -2.23. The highest BCUT2D eigenvalue weighted by Gasteiger charge is 2.22. The molecule has 0 unspecified atom stereocenters. The highest BCUT2D eigenvalue weighted by Crippen LogP contribution is 2.42. The van der Waals surface area contributed by atoms with Crippen molar-refractivity contribution >= 4 is 34.6 Å². The van der Waals surface area contributed by atoms with Gasteiger partial charge in [-0.3, -0.25) is 14.2 Å². The fourth-order valence-corrected chi connectivity index (χ4v) is 7.32. The second kappa shape index (κ2) is 14.9. The number of amides is 1. The van der Waals surface area contributed by atoms with Gasteiger partial charge in [-0.05, 0) is 31.4 Å². The molecule has 0 saturated carbocycles. The van der Waals surface area contributed by atoms with Crippen LogP contribution in [0.4, 0.5) is 0 Å². The maximum Gasteiger partial charge on any atom is 0.277 e. The second-order valence-electron chi connectivity index (χ2n) is 12.7. The van der Waals surface area contributed by atoms with E-state index >= 15 is 0 Å². The molecule has 5 heterocycles. The number of carbonyl (C=O) groups excluding carboxylic acids is 1. The van der Waals surface area contributed by atoms with Gasteiger partial charge in [-0.15, -0.1) is 0 Å². The van der Waals surface area contributed by atoms with Crippen LogP contribution in [-0.4, -0.2) is 64.0 Å². The third kappa shape index (κ3) is 7.01. The summed E-state index contributed by atoms with van der Waals surface area (Å²) in [6, 6.07) is 17.8. The summed E-state index contributed by atoms with van der Waals surface area (Å²) < 4.78 is 14.3. The first-order valence-electron chi connectivity index (χ1n) is 16.8. The van der Waals surface area contributed by atoms with Gasteiger partial charge in [-0.25, -0.2) is 9.50 Å². The van der Waals surface area contributed by atoms with Gasteiger partial charge in [0.25, 0.3) is 5.56 Å². The average molecular weight is 717 g/mol. The minimum absolute atomic E-state index is 0.0963. The Morgan fingerprint density at radius 1 is 0.960 bits per heavy atom. The number of ether oxygens (including phenoxy) is 2. The maximum absolute atomic E-state index is 13.4. The summed E-state index contributed by atoms with van der Waals surface area (Å²) in [5.74, 6) is 1.24. The zero-order valence-electron chi connectivity index (χ0n) is 28.0. The number of benzene rings is 2. The first-order valence-corrected chi connectivity index (χ1v) is 17.6. The van der Waals surface area contributed by atoms with Crippen molar-refractivity contribution in [3.63, 3.8) is 0 Å². The SMILES string of the molecule is COc1nc(-c2cccc(-c3cccc(-c4cc5c(=O)n(C)c(CNC6CCOCC6)nn5c4)c3Cl)c2Cl)ccc1CNC[C@@H]1CCC(=O)N1. The number of methoxy groups -OCH3 is 1. The van der Waals surface area contributed by atoms with Crippen molar-refractivity contribution in [3.8, 4) is 39.4 Å². The average Bonchev–Trinajstić information content (AvgIpc) is 3.76. The highest BCUT2D eigenvalue weighted by molar-refractivity contribution is 6.39. The Bertz CT molecular complexity index is 2110. The molecule has 3 aromatic heterocycles. The quantitative estimate of drug-likeness (QED) is 0.167. The van der Waals surface area contributed by atoms with Gasteiger partial charge in [-0.2, -0.15) is 5.10 Å². The zero-order valence-corrected chi connectivity index (χ0v) is 29.5. The number of hydrogen-bond donors (Lipinski definition) is 3. The molecule has 7 rings (SSSR count). The van der Waals surface area contributed by atoms with Crippen LogP contribution in [0.1, 0.15) is 37.1 Å². The molecule has 2 saturated heterocycles. The van der Waals surface area contributed by atoms with Gasteiger partial charge >= 0.3 is 0 Å². The molecule has 13 heteroatoms. The molecule has 1 amide bonds. The molecule has 260 valence electrons. The van der Waals surface area contributed by atoms with Crippen LogP contribution in [0.15, 0.2) is 65.6 Å². The van der Waals surface area contributed by atoms with Crippen molar-refractivity contribution in [2.75, 3.05) is 26.9 Å². The number of pyridine rings is 1. The number of aromatic nitrogens is 4. The van der Waals surface area contributed by atoms with E-state index < -0.39 is 0 Å². The Morgan fingerprint density at radius 2 is 1.68 bits per heavy atom. The van der Waals surface area contributed by atoms with Crippen molar-refractivity contribution in [1.29, 1.82) is 0 Å². The minimum Gasteiger partial charge on any atom is -0.481 e. The van der Waals surface area contributed by atoms with Gasteiger partial charge in [0.1, 0.15) is 11.3 Å². The van der Waals surface area contributed by atoms with Gasteiger partial charge in [0.05, 0.1) is 29.4 Å². The van der Waals surface area contributed by atoms with Crippen molar-refractivity contribution in [3.05, 3.63) is 92.6 Å². The third-order valence-electron chi connectivity index (χ3n) is 9.50. The number of carbonyl (C=O) groups is 1. The normalized spacial score (nSPS) is 16.6. The molecule has 2 aliphatic heterocycles. The topological polar surface area (TPSA) is 124 Å². The molecule has 5 aromatic rings. The van der Waals surface area contributed by atoms with Crippen LogP contribution >= 0.6 is 23.2 Å². The van der Waals surface area contributed by atoms with Gasteiger partial charge < -0.3 is 25.4 Å². The molecular weight excluding hydrogens is 677 g/mol. The fraction of sp³-hybridized carbons (Fsp3) is 0.351. The summed E-state index contributed by atoms with van der Waals surface area (Å²) in [4.78, 5) is 29.7. The number of rotatable bonds is 11. The van der Waals surface area contributed by atoms with Crippen LogP contribution in [0, 0.1) is 0 Å². The molecule has 11 nitrogen and oxygen atoms in total. The Labute approximate surface area is 299 Å². The van der Waals surface area contributed by atoms with E-state index in [2.05, 4.69) is 16.0 Å². The molecule has 2 aliphatic rings. The Hall–Kier alpha value is -4.26. The molecule has 50 heavy (non-hydrogen) atoms. The van der Waals surface area contributed by atoms with Crippen molar-refractivity contribution in [1.82, 2.24) is 35.1 Å². The second-order valence-corrected chi connectivity index (χ2v) is 13.5. The molecule has 0 aliphatic carbocycles. The number of nitrogens with one attached hydrogen (secondary N) is 3. The van der Waals surface area contributed by atoms with Gasteiger partial charge in [0.15, 0.2) is 0 Å².